The van der Waals surface area contributed by atoms with E-state index in [1.807, 2.05) is 13.0 Å². The summed E-state index contributed by atoms with van der Waals surface area (Å²) in [5, 5.41) is 9.37. The normalized spacial score (nSPS) is 18.2. The van der Waals surface area contributed by atoms with Crippen LogP contribution in [-0.4, -0.2) is 19.8 Å². The minimum atomic E-state index is -0.126. The molecule has 0 amide bonds. The van der Waals surface area contributed by atoms with E-state index in [1.165, 1.54) is 5.56 Å². The summed E-state index contributed by atoms with van der Waals surface area (Å²) in [5.74, 6) is 0.935. The van der Waals surface area contributed by atoms with Gasteiger partial charge in [-0.15, -0.1) is 0 Å². The van der Waals surface area contributed by atoms with Gasteiger partial charge in [-0.25, -0.2) is 0 Å². The minimum Gasteiger partial charge on any atom is -0.494 e. The van der Waals surface area contributed by atoms with Gasteiger partial charge in [-0.3, -0.25) is 0 Å². The van der Waals surface area contributed by atoms with Crippen LogP contribution in [0, 0.1) is 24.2 Å². The summed E-state index contributed by atoms with van der Waals surface area (Å²) in [7, 11) is 0. The Bertz CT molecular complexity index is 486. The van der Waals surface area contributed by atoms with Gasteiger partial charge >= 0.3 is 0 Å². The second-order valence-electron chi connectivity index (χ2n) is 5.15. The number of benzene rings is 1. The molecule has 1 fully saturated rings. The van der Waals surface area contributed by atoms with Gasteiger partial charge in [0, 0.05) is 0 Å². The third kappa shape index (κ3) is 2.33. The average Bonchev–Trinajstić information content (AvgIpc) is 2.36. The smallest absolute Gasteiger partial charge is 0.122 e. The molecule has 1 atom stereocenters. The summed E-state index contributed by atoms with van der Waals surface area (Å²) in [6, 6.07) is 8.68. The number of rotatable bonds is 5. The highest BCUT2D eigenvalue weighted by Gasteiger charge is 2.46. The molecule has 0 radical (unpaired) electrons. The summed E-state index contributed by atoms with van der Waals surface area (Å²) >= 11 is 0. The molecule has 1 heterocycles. The van der Waals surface area contributed by atoms with E-state index in [4.69, 9.17) is 9.47 Å². The van der Waals surface area contributed by atoms with Crippen molar-refractivity contribution in [3.63, 3.8) is 0 Å². The van der Waals surface area contributed by atoms with E-state index in [1.54, 1.807) is 0 Å². The molecule has 0 spiro atoms. The van der Waals surface area contributed by atoms with Crippen molar-refractivity contribution in [1.82, 2.24) is 0 Å². The standard InChI is InChI=1S/C16H21NO2/c1-4-13(9-17)16(10-18-11-16)14-6-7-15(19-5-2)12(3)8-14/h6-8,13H,4-5,10-11H2,1-3H3. The van der Waals surface area contributed by atoms with E-state index in [-0.39, 0.29) is 11.3 Å². The molecule has 3 nitrogen and oxygen atoms in total. The molecule has 1 aliphatic heterocycles. The van der Waals surface area contributed by atoms with Crippen molar-refractivity contribution in [2.45, 2.75) is 32.6 Å². The molecule has 0 bridgehead atoms. The van der Waals surface area contributed by atoms with E-state index < -0.39 is 0 Å². The lowest BCUT2D eigenvalue weighted by Crippen LogP contribution is -2.52. The number of nitrogens with zero attached hydrogens (tertiary/aromatic N) is 1. The molecule has 0 aliphatic carbocycles. The fourth-order valence-electron chi connectivity index (χ4n) is 2.77. The topological polar surface area (TPSA) is 42.2 Å². The Labute approximate surface area is 115 Å². The second kappa shape index (κ2) is 5.63. The average molecular weight is 259 g/mol. The lowest BCUT2D eigenvalue weighted by molar-refractivity contribution is -0.0805. The molecular formula is C16H21NO2. The Hall–Kier alpha value is -1.53. The predicted octanol–water partition coefficient (Wildman–Crippen LogP) is 3.21. The van der Waals surface area contributed by atoms with Gasteiger partial charge in [0.25, 0.3) is 0 Å². The van der Waals surface area contributed by atoms with Crippen LogP contribution in [0.15, 0.2) is 18.2 Å². The lowest BCUT2D eigenvalue weighted by Gasteiger charge is -2.45. The Balaban J connectivity index is 2.34. The molecule has 1 aromatic rings. The third-order valence-corrected chi connectivity index (χ3v) is 4.00. The van der Waals surface area contributed by atoms with E-state index in [9.17, 15) is 5.26 Å². The third-order valence-electron chi connectivity index (χ3n) is 4.00. The zero-order valence-electron chi connectivity index (χ0n) is 11.9. The first-order valence-corrected chi connectivity index (χ1v) is 6.89. The largest absolute Gasteiger partial charge is 0.494 e. The number of hydrogen-bond donors (Lipinski definition) is 0. The van der Waals surface area contributed by atoms with Crippen molar-refractivity contribution in [2.75, 3.05) is 19.8 Å². The zero-order chi connectivity index (χ0) is 13.9. The van der Waals surface area contributed by atoms with Crippen molar-refractivity contribution in [3.8, 4) is 11.8 Å². The van der Waals surface area contributed by atoms with Gasteiger partial charge in [0.2, 0.25) is 0 Å². The van der Waals surface area contributed by atoms with Gasteiger partial charge in [-0.2, -0.15) is 5.26 Å². The fourth-order valence-corrected chi connectivity index (χ4v) is 2.77. The van der Waals surface area contributed by atoms with E-state index in [0.29, 0.717) is 19.8 Å². The molecule has 0 aromatic heterocycles. The van der Waals surface area contributed by atoms with E-state index >= 15 is 0 Å². The van der Waals surface area contributed by atoms with Crippen LogP contribution in [-0.2, 0) is 10.2 Å². The molecule has 102 valence electrons. The predicted molar refractivity (Wildman–Crippen MR) is 74.2 cm³/mol. The molecule has 0 N–H and O–H groups in total. The summed E-state index contributed by atoms with van der Waals surface area (Å²) in [5.41, 5.74) is 2.20. The molecule has 1 aromatic carbocycles. The van der Waals surface area contributed by atoms with E-state index in [0.717, 1.165) is 17.7 Å². The number of hydrogen-bond acceptors (Lipinski definition) is 3. The van der Waals surface area contributed by atoms with Crippen LogP contribution in [0.5, 0.6) is 5.75 Å². The minimum absolute atomic E-state index is 0.0126. The quantitative estimate of drug-likeness (QED) is 0.815. The molecule has 19 heavy (non-hydrogen) atoms. The highest BCUT2D eigenvalue weighted by molar-refractivity contribution is 5.41. The Kier molecular flexibility index (Phi) is 4.11. The maximum Gasteiger partial charge on any atom is 0.122 e. The summed E-state index contributed by atoms with van der Waals surface area (Å²) in [6.07, 6.45) is 0.853. The van der Waals surface area contributed by atoms with Crippen molar-refractivity contribution in [3.05, 3.63) is 29.3 Å². The second-order valence-corrected chi connectivity index (χ2v) is 5.15. The lowest BCUT2D eigenvalue weighted by atomic mass is 9.68. The SMILES string of the molecule is CCOc1ccc(C2(C(C#N)CC)COC2)cc1C. The van der Waals surface area contributed by atoms with Crippen LogP contribution in [0.25, 0.3) is 0 Å². The zero-order valence-corrected chi connectivity index (χ0v) is 11.9. The first kappa shape index (κ1) is 13.9. The molecule has 1 unspecified atom stereocenters. The van der Waals surface area contributed by atoms with Crippen molar-refractivity contribution < 1.29 is 9.47 Å². The van der Waals surface area contributed by atoms with Gasteiger partial charge in [0.1, 0.15) is 5.75 Å². The Morgan fingerprint density at radius 3 is 2.58 bits per heavy atom. The van der Waals surface area contributed by atoms with Crippen LogP contribution >= 0.6 is 0 Å². The summed E-state index contributed by atoms with van der Waals surface area (Å²) in [6.45, 7) is 8.06. The van der Waals surface area contributed by atoms with Crippen molar-refractivity contribution >= 4 is 0 Å². The summed E-state index contributed by atoms with van der Waals surface area (Å²) in [4.78, 5) is 0. The molecular weight excluding hydrogens is 238 g/mol. The van der Waals surface area contributed by atoms with Crippen molar-refractivity contribution in [2.24, 2.45) is 5.92 Å². The number of nitriles is 1. The highest BCUT2D eigenvalue weighted by atomic mass is 16.5. The first-order valence-electron chi connectivity index (χ1n) is 6.89. The number of ether oxygens (including phenoxy) is 2. The highest BCUT2D eigenvalue weighted by Crippen LogP contribution is 2.42. The fraction of sp³-hybridized carbons (Fsp3) is 0.562. The molecule has 1 aliphatic rings. The maximum absolute atomic E-state index is 9.37. The maximum atomic E-state index is 9.37. The molecule has 2 rings (SSSR count). The molecule has 3 heteroatoms. The summed E-state index contributed by atoms with van der Waals surface area (Å²) < 4.78 is 11.0. The van der Waals surface area contributed by atoms with E-state index in [2.05, 4.69) is 32.0 Å². The van der Waals surface area contributed by atoms with Gasteiger partial charge < -0.3 is 9.47 Å². The van der Waals surface area contributed by atoms with Gasteiger partial charge in [0.05, 0.1) is 37.2 Å². The molecule has 1 saturated heterocycles. The van der Waals surface area contributed by atoms with Crippen LogP contribution in [0.2, 0.25) is 0 Å². The van der Waals surface area contributed by atoms with Crippen molar-refractivity contribution in [1.29, 1.82) is 5.26 Å². The molecule has 0 saturated carbocycles. The number of aryl methyl sites for hydroxylation is 1. The van der Waals surface area contributed by atoms with Crippen LogP contribution < -0.4 is 4.74 Å². The van der Waals surface area contributed by atoms with Crippen LogP contribution in [0.3, 0.4) is 0 Å². The monoisotopic (exact) mass is 259 g/mol. The van der Waals surface area contributed by atoms with Gasteiger partial charge in [-0.1, -0.05) is 19.1 Å². The van der Waals surface area contributed by atoms with Crippen LogP contribution in [0.4, 0.5) is 0 Å². The Morgan fingerprint density at radius 2 is 2.16 bits per heavy atom. The van der Waals surface area contributed by atoms with Gasteiger partial charge in [0.15, 0.2) is 0 Å². The first-order chi connectivity index (χ1) is 9.17. The van der Waals surface area contributed by atoms with Crippen LogP contribution in [0.1, 0.15) is 31.4 Å². The Morgan fingerprint density at radius 1 is 1.42 bits per heavy atom. The van der Waals surface area contributed by atoms with Gasteiger partial charge in [-0.05, 0) is 37.5 Å².